The van der Waals surface area contributed by atoms with Crippen LogP contribution in [-0.2, 0) is 17.1 Å². The van der Waals surface area contributed by atoms with Gasteiger partial charge in [0.25, 0.3) is 0 Å². The van der Waals surface area contributed by atoms with Gasteiger partial charge in [-0.1, -0.05) is 26.0 Å². The van der Waals surface area contributed by atoms with Gasteiger partial charge >= 0.3 is 0 Å². The molecule has 0 fully saturated rings. The van der Waals surface area contributed by atoms with Gasteiger partial charge in [0.05, 0.1) is 12.4 Å². The number of amides is 1. The second-order valence-electron chi connectivity index (χ2n) is 5.89. The molecule has 2 heterocycles. The van der Waals surface area contributed by atoms with Gasteiger partial charge in [-0.05, 0) is 36.8 Å². The van der Waals surface area contributed by atoms with Crippen molar-refractivity contribution in [3.05, 3.63) is 51.0 Å². The Hall–Kier alpha value is -0.990. The van der Waals surface area contributed by atoms with E-state index in [2.05, 4.69) is 47.0 Å². The van der Waals surface area contributed by atoms with Gasteiger partial charge in [-0.2, -0.15) is 0 Å². The summed E-state index contributed by atoms with van der Waals surface area (Å²) in [6.07, 6.45) is 4.42. The molecule has 0 aliphatic heterocycles. The highest BCUT2D eigenvalue weighted by atomic mass is 35.5. The molecule has 0 saturated carbocycles. The van der Waals surface area contributed by atoms with Gasteiger partial charge in [-0.25, -0.2) is 0 Å². The fraction of sp³-hybridized carbons (Fsp3) is 0.450. The van der Waals surface area contributed by atoms with Crippen molar-refractivity contribution in [1.82, 2.24) is 10.2 Å². The van der Waals surface area contributed by atoms with Crippen molar-refractivity contribution in [2.75, 3.05) is 25.4 Å². The number of hydrogen-bond donors (Lipinski definition) is 1. The van der Waals surface area contributed by atoms with E-state index in [4.69, 9.17) is 4.74 Å². The van der Waals surface area contributed by atoms with Crippen LogP contribution >= 0.6 is 46.8 Å². The number of carbonyl (C=O) groups is 1. The molecular formula is C20H29ClN2O2S3. The molecule has 0 radical (unpaired) electrons. The average molecular weight is 461 g/mol. The molecule has 0 aliphatic rings. The molecule has 28 heavy (non-hydrogen) atoms. The maximum atomic E-state index is 11.8. The maximum Gasteiger partial charge on any atom is 0.233 e. The molecule has 4 nitrogen and oxygen atoms in total. The minimum Gasteiger partial charge on any atom is -0.492 e. The van der Waals surface area contributed by atoms with E-state index < -0.39 is 0 Å². The monoisotopic (exact) mass is 460 g/mol. The quantitative estimate of drug-likeness (QED) is 0.406. The van der Waals surface area contributed by atoms with Crippen molar-refractivity contribution in [1.29, 1.82) is 0 Å². The van der Waals surface area contributed by atoms with Crippen LogP contribution in [-0.4, -0.2) is 36.3 Å². The molecule has 2 aromatic rings. The number of rotatable bonds is 13. The predicted molar refractivity (Wildman–Crippen MR) is 126 cm³/mol. The Morgan fingerprint density at radius 2 is 2.11 bits per heavy atom. The molecule has 0 spiro atoms. The molecule has 0 aromatic carbocycles. The molecular weight excluding hydrogens is 432 g/mol. The van der Waals surface area contributed by atoms with E-state index in [0.717, 1.165) is 37.6 Å². The van der Waals surface area contributed by atoms with Gasteiger partial charge in [0.15, 0.2) is 0 Å². The van der Waals surface area contributed by atoms with Gasteiger partial charge in [0.2, 0.25) is 5.91 Å². The Kier molecular flexibility index (Phi) is 13.4. The summed E-state index contributed by atoms with van der Waals surface area (Å²) in [5.41, 5.74) is 0. The molecule has 2 aromatic heterocycles. The number of halogens is 1. The van der Waals surface area contributed by atoms with Crippen LogP contribution < -0.4 is 10.1 Å². The Balaban J connectivity index is 0.00000392. The standard InChI is InChI=1S/C20H28N2O2S3.ClH/c1-3-22(4-2)13-19-12-17(14-27-19)24-10-6-5-9-21-20(23)16-25-15-18-8-7-11-26-18;/h5,7-9,11-12,14H,3-4,6,10,13,15-16H2,1-2H3,(H,21,23);1H/b9-5-;. The molecule has 2 rings (SSSR count). The van der Waals surface area contributed by atoms with Crippen LogP contribution in [0.1, 0.15) is 30.0 Å². The number of hydrogen-bond acceptors (Lipinski definition) is 6. The normalized spacial score (nSPS) is 11.0. The molecule has 0 unspecified atom stereocenters. The first-order valence-corrected chi connectivity index (χ1v) is 12.1. The highest BCUT2D eigenvalue weighted by Crippen LogP contribution is 2.23. The average Bonchev–Trinajstić information content (AvgIpc) is 3.34. The maximum absolute atomic E-state index is 11.8. The molecule has 8 heteroatoms. The van der Waals surface area contributed by atoms with E-state index in [0.29, 0.717) is 12.4 Å². The zero-order valence-corrected chi connectivity index (χ0v) is 19.7. The van der Waals surface area contributed by atoms with Crippen LogP contribution in [0.25, 0.3) is 0 Å². The van der Waals surface area contributed by atoms with Crippen molar-refractivity contribution in [3.63, 3.8) is 0 Å². The summed E-state index contributed by atoms with van der Waals surface area (Å²) in [5, 5.41) is 6.93. The van der Waals surface area contributed by atoms with Gasteiger partial charge in [-0.3, -0.25) is 9.69 Å². The largest absolute Gasteiger partial charge is 0.492 e. The van der Waals surface area contributed by atoms with Gasteiger partial charge < -0.3 is 10.1 Å². The van der Waals surface area contributed by atoms with Crippen LogP contribution in [0.5, 0.6) is 5.75 Å². The lowest BCUT2D eigenvalue weighted by molar-refractivity contribution is -0.117. The van der Waals surface area contributed by atoms with E-state index in [9.17, 15) is 4.79 Å². The van der Waals surface area contributed by atoms with E-state index >= 15 is 0 Å². The Bertz CT molecular complexity index is 685. The predicted octanol–water partition coefficient (Wildman–Crippen LogP) is 5.41. The number of thiophene rings is 2. The van der Waals surface area contributed by atoms with E-state index in [1.54, 1.807) is 40.6 Å². The number of thioether (sulfide) groups is 1. The third-order valence-electron chi connectivity index (χ3n) is 3.88. The topological polar surface area (TPSA) is 41.6 Å². The lowest BCUT2D eigenvalue weighted by Gasteiger charge is -2.16. The SMILES string of the molecule is CCN(CC)Cc1cc(OCC/C=C\NC(=O)CSCc2cccs2)cs1.Cl. The zero-order chi connectivity index (χ0) is 19.3. The summed E-state index contributed by atoms with van der Waals surface area (Å²) in [6, 6.07) is 6.25. The zero-order valence-electron chi connectivity index (χ0n) is 16.4. The van der Waals surface area contributed by atoms with Crippen LogP contribution in [0, 0.1) is 0 Å². The first-order chi connectivity index (χ1) is 13.2. The van der Waals surface area contributed by atoms with Crippen LogP contribution in [0.2, 0.25) is 0 Å². The lowest BCUT2D eigenvalue weighted by Crippen LogP contribution is -2.21. The highest BCUT2D eigenvalue weighted by molar-refractivity contribution is 7.99. The third-order valence-corrected chi connectivity index (χ3v) is 6.82. The van der Waals surface area contributed by atoms with Crippen LogP contribution in [0.3, 0.4) is 0 Å². The number of nitrogens with zero attached hydrogens (tertiary/aromatic N) is 1. The summed E-state index contributed by atoms with van der Waals surface area (Å²) in [6.45, 7) is 8.09. The smallest absolute Gasteiger partial charge is 0.233 e. The van der Waals surface area contributed by atoms with Crippen LogP contribution in [0.4, 0.5) is 0 Å². The molecule has 1 amide bonds. The Morgan fingerprint density at radius 1 is 1.29 bits per heavy atom. The Labute approximate surface area is 186 Å². The van der Waals surface area contributed by atoms with Gasteiger partial charge in [0.1, 0.15) is 5.75 Å². The fourth-order valence-electron chi connectivity index (χ4n) is 2.35. The second-order valence-corrected chi connectivity index (χ2v) is 8.90. The van der Waals surface area contributed by atoms with Crippen molar-refractivity contribution in [2.45, 2.75) is 32.6 Å². The first kappa shape index (κ1) is 25.0. The molecule has 156 valence electrons. The molecule has 1 N–H and O–H groups in total. The number of carbonyl (C=O) groups excluding carboxylic acids is 1. The van der Waals surface area contributed by atoms with Crippen molar-refractivity contribution < 1.29 is 9.53 Å². The lowest BCUT2D eigenvalue weighted by atomic mass is 10.4. The van der Waals surface area contributed by atoms with Crippen molar-refractivity contribution in [2.24, 2.45) is 0 Å². The van der Waals surface area contributed by atoms with Crippen LogP contribution in [0.15, 0.2) is 41.2 Å². The van der Waals surface area contributed by atoms with E-state index in [-0.39, 0.29) is 18.3 Å². The van der Waals surface area contributed by atoms with Gasteiger partial charge in [-0.15, -0.1) is 46.8 Å². The Morgan fingerprint density at radius 3 is 2.82 bits per heavy atom. The minimum atomic E-state index is 0. The third kappa shape index (κ3) is 9.98. The minimum absolute atomic E-state index is 0. The van der Waals surface area contributed by atoms with E-state index in [1.807, 2.05) is 12.1 Å². The fourth-order valence-corrected chi connectivity index (χ4v) is 4.87. The highest BCUT2D eigenvalue weighted by Gasteiger charge is 2.05. The van der Waals surface area contributed by atoms with E-state index in [1.165, 1.54) is 9.75 Å². The number of ether oxygens (including phenoxy) is 1. The first-order valence-electron chi connectivity index (χ1n) is 9.18. The summed E-state index contributed by atoms with van der Waals surface area (Å²) in [5.74, 6) is 2.33. The summed E-state index contributed by atoms with van der Waals surface area (Å²) < 4.78 is 5.77. The summed E-state index contributed by atoms with van der Waals surface area (Å²) in [7, 11) is 0. The number of nitrogens with one attached hydrogen (secondary N) is 1. The molecule has 0 atom stereocenters. The van der Waals surface area contributed by atoms with Gasteiger partial charge in [0, 0.05) is 33.9 Å². The molecule has 0 bridgehead atoms. The molecule has 0 aliphatic carbocycles. The summed E-state index contributed by atoms with van der Waals surface area (Å²) >= 11 is 5.10. The van der Waals surface area contributed by atoms with Crippen molar-refractivity contribution in [3.8, 4) is 5.75 Å². The van der Waals surface area contributed by atoms with Crippen molar-refractivity contribution >= 4 is 52.7 Å². The second kappa shape index (κ2) is 14.9. The summed E-state index contributed by atoms with van der Waals surface area (Å²) in [4.78, 5) is 16.8. The molecule has 0 saturated heterocycles.